The summed E-state index contributed by atoms with van der Waals surface area (Å²) in [6.45, 7) is 1.94. The molecule has 0 fully saturated rings. The van der Waals surface area contributed by atoms with Crippen LogP contribution in [0.1, 0.15) is 5.76 Å². The summed E-state index contributed by atoms with van der Waals surface area (Å²) in [7, 11) is 0. The summed E-state index contributed by atoms with van der Waals surface area (Å²) in [6, 6.07) is 16.2. The summed E-state index contributed by atoms with van der Waals surface area (Å²) in [5, 5.41) is 17.0. The second-order valence-electron chi connectivity index (χ2n) is 5.68. The smallest absolute Gasteiger partial charge is 0.269 e. The summed E-state index contributed by atoms with van der Waals surface area (Å²) >= 11 is 0. The van der Waals surface area contributed by atoms with Crippen molar-refractivity contribution < 1.29 is 26.1 Å². The summed E-state index contributed by atoms with van der Waals surface area (Å²) in [6.07, 6.45) is 0. The molecule has 0 atom stereocenters. The molecule has 0 spiro atoms. The molecule has 142 valence electrons. The van der Waals surface area contributed by atoms with E-state index < -0.39 is 4.92 Å². The number of nitrogens with zero attached hydrogens (tertiary/aromatic N) is 1. The quantitative estimate of drug-likeness (QED) is 0.343. The van der Waals surface area contributed by atoms with E-state index in [2.05, 4.69) is 10.6 Å². The Bertz CT molecular complexity index is 867. The van der Waals surface area contributed by atoms with Crippen LogP contribution in [0.3, 0.4) is 0 Å². The minimum absolute atomic E-state index is 0. The highest BCUT2D eigenvalue weighted by molar-refractivity contribution is 5.57. The number of benzene rings is 2. The number of halogens is 2. The molecule has 0 saturated carbocycles. The molecule has 6 nitrogen and oxygen atoms in total. The first-order chi connectivity index (χ1) is 12.6. The maximum absolute atomic E-state index is 12.9. The zero-order valence-corrected chi connectivity index (χ0v) is 15.1. The fourth-order valence-corrected chi connectivity index (χ4v) is 2.45. The number of hydrogen-bond donors (Lipinski definition) is 2. The molecule has 2 N–H and O–H groups in total. The lowest BCUT2D eigenvalue weighted by Crippen LogP contribution is -3.00. The highest BCUT2D eigenvalue weighted by atomic mass is 35.5. The molecule has 0 unspecified atom stereocenters. The van der Waals surface area contributed by atoms with E-state index in [-0.39, 0.29) is 23.9 Å². The van der Waals surface area contributed by atoms with Crippen molar-refractivity contribution in [1.29, 1.82) is 0 Å². The van der Waals surface area contributed by atoms with Gasteiger partial charge in [0.15, 0.2) is 0 Å². The summed E-state index contributed by atoms with van der Waals surface area (Å²) in [4.78, 5) is 10.2. The third-order valence-electron chi connectivity index (χ3n) is 3.80. The largest absolute Gasteiger partial charge is 1.00 e. The zero-order chi connectivity index (χ0) is 18.4. The van der Waals surface area contributed by atoms with Crippen LogP contribution in [0.15, 0.2) is 65.1 Å². The number of nitrogens with one attached hydrogen (secondary N) is 2. The first-order valence-corrected chi connectivity index (χ1v) is 8.15. The van der Waals surface area contributed by atoms with Crippen LogP contribution in [0.4, 0.5) is 15.8 Å². The molecule has 2 aromatic carbocycles. The molecule has 0 aliphatic heterocycles. The first-order valence-electron chi connectivity index (χ1n) is 8.15. The van der Waals surface area contributed by atoms with Crippen molar-refractivity contribution in [3.8, 4) is 11.3 Å². The van der Waals surface area contributed by atoms with Crippen molar-refractivity contribution in [2.24, 2.45) is 0 Å². The van der Waals surface area contributed by atoms with E-state index in [0.29, 0.717) is 25.4 Å². The van der Waals surface area contributed by atoms with Gasteiger partial charge in [-0.15, -0.1) is 0 Å². The SMILES string of the molecule is O=[N+]([O-])c1ccc(NCCNCc2ccc(-c3ccc(F)cc3)o2)cc1.[Cl-]. The third-order valence-corrected chi connectivity index (χ3v) is 3.80. The van der Waals surface area contributed by atoms with Crippen LogP contribution >= 0.6 is 0 Å². The Morgan fingerprint density at radius 2 is 1.67 bits per heavy atom. The molecule has 1 heterocycles. The van der Waals surface area contributed by atoms with Gasteiger partial charge >= 0.3 is 0 Å². The van der Waals surface area contributed by atoms with Crippen molar-refractivity contribution in [2.75, 3.05) is 18.4 Å². The van der Waals surface area contributed by atoms with Crippen LogP contribution in [0.2, 0.25) is 0 Å². The van der Waals surface area contributed by atoms with E-state index in [4.69, 9.17) is 4.42 Å². The van der Waals surface area contributed by atoms with E-state index in [1.807, 2.05) is 12.1 Å². The molecule has 8 heteroatoms. The van der Waals surface area contributed by atoms with E-state index in [0.717, 1.165) is 17.0 Å². The van der Waals surface area contributed by atoms with Gasteiger partial charge in [-0.2, -0.15) is 0 Å². The van der Waals surface area contributed by atoms with E-state index in [9.17, 15) is 14.5 Å². The van der Waals surface area contributed by atoms with E-state index in [1.54, 1.807) is 24.3 Å². The van der Waals surface area contributed by atoms with Gasteiger partial charge < -0.3 is 27.5 Å². The van der Waals surface area contributed by atoms with Gasteiger partial charge in [-0.05, 0) is 48.5 Å². The molecule has 0 bridgehead atoms. The minimum atomic E-state index is -0.422. The molecule has 0 saturated heterocycles. The lowest BCUT2D eigenvalue weighted by atomic mass is 10.2. The normalized spacial score (nSPS) is 10.3. The van der Waals surface area contributed by atoms with Crippen molar-refractivity contribution >= 4 is 11.4 Å². The first kappa shape index (κ1) is 20.4. The van der Waals surface area contributed by atoms with Crippen LogP contribution in [0.25, 0.3) is 11.3 Å². The standard InChI is InChI=1S/C19H18FN3O3.ClH/c20-15-3-1-14(2-4-15)19-10-9-18(26-19)13-21-11-12-22-16-5-7-17(8-6-16)23(24)25;/h1-10,21-22H,11-13H2;1H/p-1. The maximum atomic E-state index is 12.9. The van der Waals surface area contributed by atoms with Crippen LogP contribution in [0, 0.1) is 15.9 Å². The van der Waals surface area contributed by atoms with Gasteiger partial charge in [-0.1, -0.05) is 0 Å². The summed E-state index contributed by atoms with van der Waals surface area (Å²) < 4.78 is 18.7. The van der Waals surface area contributed by atoms with E-state index in [1.165, 1.54) is 24.3 Å². The zero-order valence-electron chi connectivity index (χ0n) is 14.3. The van der Waals surface area contributed by atoms with Crippen molar-refractivity contribution in [2.45, 2.75) is 6.54 Å². The molecule has 0 aliphatic rings. The lowest BCUT2D eigenvalue weighted by Gasteiger charge is -2.07. The molecule has 0 aliphatic carbocycles. The Kier molecular flexibility index (Phi) is 7.34. The fourth-order valence-electron chi connectivity index (χ4n) is 2.45. The molecule has 0 radical (unpaired) electrons. The fraction of sp³-hybridized carbons (Fsp3) is 0.158. The second-order valence-corrected chi connectivity index (χ2v) is 5.68. The molecule has 3 rings (SSSR count). The van der Waals surface area contributed by atoms with Crippen molar-refractivity contribution in [1.82, 2.24) is 5.32 Å². The Hall–Kier alpha value is -2.90. The van der Waals surface area contributed by atoms with Crippen LogP contribution in [-0.2, 0) is 6.54 Å². The van der Waals surface area contributed by atoms with Gasteiger partial charge in [0.25, 0.3) is 5.69 Å². The molecule has 27 heavy (non-hydrogen) atoms. The average molecular weight is 391 g/mol. The summed E-state index contributed by atoms with van der Waals surface area (Å²) in [5.41, 5.74) is 1.73. The number of anilines is 1. The highest BCUT2D eigenvalue weighted by Gasteiger charge is 2.05. The maximum Gasteiger partial charge on any atom is 0.269 e. The second kappa shape index (κ2) is 9.70. The minimum Gasteiger partial charge on any atom is -1.00 e. The monoisotopic (exact) mass is 390 g/mol. The van der Waals surface area contributed by atoms with Crippen molar-refractivity contribution in [3.63, 3.8) is 0 Å². The number of nitro benzene ring substituents is 1. The van der Waals surface area contributed by atoms with Gasteiger partial charge in [-0.3, -0.25) is 10.1 Å². The van der Waals surface area contributed by atoms with Gasteiger partial charge in [0.05, 0.1) is 11.5 Å². The molecular weight excluding hydrogens is 373 g/mol. The number of non-ortho nitro benzene ring substituents is 1. The highest BCUT2D eigenvalue weighted by Crippen LogP contribution is 2.22. The predicted octanol–water partition coefficient (Wildman–Crippen LogP) is 1.20. The Morgan fingerprint density at radius 3 is 2.33 bits per heavy atom. The number of nitro groups is 1. The molecular formula is C19H18ClFN3O3-. The van der Waals surface area contributed by atoms with Gasteiger partial charge in [0, 0.05) is 36.5 Å². The third kappa shape index (κ3) is 5.80. The van der Waals surface area contributed by atoms with Gasteiger partial charge in [-0.25, -0.2) is 4.39 Å². The Balaban J connectivity index is 0.00000261. The average Bonchev–Trinajstić information content (AvgIpc) is 3.11. The van der Waals surface area contributed by atoms with Crippen LogP contribution < -0.4 is 23.0 Å². The predicted molar refractivity (Wildman–Crippen MR) is 97.4 cm³/mol. The van der Waals surface area contributed by atoms with Gasteiger partial charge in [0.2, 0.25) is 0 Å². The number of furan rings is 1. The van der Waals surface area contributed by atoms with Crippen molar-refractivity contribution in [3.05, 3.63) is 82.4 Å². The lowest BCUT2D eigenvalue weighted by molar-refractivity contribution is -0.384. The topological polar surface area (TPSA) is 80.3 Å². The van der Waals surface area contributed by atoms with E-state index >= 15 is 0 Å². The van der Waals surface area contributed by atoms with Crippen LogP contribution in [-0.4, -0.2) is 18.0 Å². The molecule has 1 aromatic heterocycles. The van der Waals surface area contributed by atoms with Gasteiger partial charge in [0.1, 0.15) is 17.3 Å². The number of rotatable bonds is 8. The number of hydrogen-bond acceptors (Lipinski definition) is 5. The Labute approximate surface area is 162 Å². The molecule has 0 amide bonds. The summed E-state index contributed by atoms with van der Waals surface area (Å²) in [5.74, 6) is 1.22. The molecule has 3 aromatic rings. The Morgan fingerprint density at radius 1 is 0.963 bits per heavy atom. The van der Waals surface area contributed by atoms with Crippen LogP contribution in [0.5, 0.6) is 0 Å².